The molecule has 2 aromatic rings. The van der Waals surface area contributed by atoms with Gasteiger partial charge >= 0.3 is 0 Å². The summed E-state index contributed by atoms with van der Waals surface area (Å²) in [6, 6.07) is 11.2. The van der Waals surface area contributed by atoms with Crippen molar-refractivity contribution in [3.05, 3.63) is 63.9 Å². The average Bonchev–Trinajstić information content (AvgIpc) is 2.76. The molecule has 2 aromatic carbocycles. The Bertz CT molecular complexity index is 823. The molecule has 0 saturated carbocycles. The zero-order valence-electron chi connectivity index (χ0n) is 14.5. The fourth-order valence-electron chi connectivity index (χ4n) is 3.19. The number of nitrogens with one attached hydrogen (secondary N) is 1. The third kappa shape index (κ3) is 3.96. The van der Waals surface area contributed by atoms with Gasteiger partial charge < -0.3 is 10.2 Å². The van der Waals surface area contributed by atoms with Gasteiger partial charge in [-0.1, -0.05) is 41.4 Å². The van der Waals surface area contributed by atoms with Crippen LogP contribution in [0.1, 0.15) is 43.4 Å². The van der Waals surface area contributed by atoms with Crippen LogP contribution in [-0.4, -0.2) is 23.3 Å². The summed E-state index contributed by atoms with van der Waals surface area (Å²) >= 11 is 3.47. The maximum atomic E-state index is 13.4. The maximum Gasteiger partial charge on any atom is 0.244 e. The van der Waals surface area contributed by atoms with Crippen molar-refractivity contribution >= 4 is 33.4 Å². The zero-order valence-corrected chi connectivity index (χ0v) is 16.1. The predicted molar refractivity (Wildman–Crippen MR) is 102 cm³/mol. The fraction of sp³-hybridized carbons (Fsp3) is 0.300. The van der Waals surface area contributed by atoms with E-state index >= 15 is 0 Å². The summed E-state index contributed by atoms with van der Waals surface area (Å²) in [5.74, 6) is -0.651. The molecule has 2 amide bonds. The van der Waals surface area contributed by atoms with Crippen LogP contribution in [0.4, 0.5) is 10.1 Å². The van der Waals surface area contributed by atoms with E-state index in [0.29, 0.717) is 12.1 Å². The van der Waals surface area contributed by atoms with Crippen molar-refractivity contribution in [2.45, 2.75) is 32.2 Å². The Labute approximate surface area is 160 Å². The monoisotopic (exact) mass is 418 g/mol. The van der Waals surface area contributed by atoms with E-state index in [1.54, 1.807) is 17.0 Å². The number of unbranched alkanes of at least 4 members (excludes halogenated alkanes) is 1. The number of anilines is 1. The number of benzene rings is 2. The lowest BCUT2D eigenvalue weighted by Crippen LogP contribution is -2.38. The predicted octanol–water partition coefficient (Wildman–Crippen LogP) is 4.65. The highest BCUT2D eigenvalue weighted by atomic mass is 79.9. The Balaban J connectivity index is 2.12. The molecule has 0 saturated heterocycles. The van der Waals surface area contributed by atoms with Crippen molar-refractivity contribution < 1.29 is 14.0 Å². The molecule has 1 aliphatic heterocycles. The van der Waals surface area contributed by atoms with E-state index in [1.165, 1.54) is 12.1 Å². The van der Waals surface area contributed by atoms with E-state index in [-0.39, 0.29) is 24.2 Å². The lowest BCUT2D eigenvalue weighted by molar-refractivity contribution is -0.136. The van der Waals surface area contributed by atoms with Gasteiger partial charge in [-0.05, 0) is 42.3 Å². The van der Waals surface area contributed by atoms with E-state index in [9.17, 15) is 14.0 Å². The van der Waals surface area contributed by atoms with E-state index in [2.05, 4.69) is 21.2 Å². The topological polar surface area (TPSA) is 49.4 Å². The van der Waals surface area contributed by atoms with Crippen LogP contribution in [-0.2, 0) is 9.59 Å². The molecule has 0 aromatic heterocycles. The highest BCUT2D eigenvalue weighted by Gasteiger charge is 2.33. The van der Waals surface area contributed by atoms with Crippen molar-refractivity contribution in [2.24, 2.45) is 0 Å². The largest absolute Gasteiger partial charge is 0.324 e. The van der Waals surface area contributed by atoms with Gasteiger partial charge in [-0.15, -0.1) is 0 Å². The first-order valence-electron chi connectivity index (χ1n) is 8.64. The summed E-state index contributed by atoms with van der Waals surface area (Å²) in [5.41, 5.74) is 2.24. The van der Waals surface area contributed by atoms with Crippen LogP contribution < -0.4 is 5.32 Å². The number of hydrogen-bond donors (Lipinski definition) is 1. The number of halogens is 2. The van der Waals surface area contributed by atoms with Gasteiger partial charge in [-0.25, -0.2) is 4.39 Å². The lowest BCUT2D eigenvalue weighted by Gasteiger charge is -2.30. The molecular weight excluding hydrogens is 399 g/mol. The van der Waals surface area contributed by atoms with Crippen LogP contribution in [0.25, 0.3) is 0 Å². The molecule has 1 aliphatic rings. The van der Waals surface area contributed by atoms with Gasteiger partial charge in [0, 0.05) is 22.1 Å². The Hall–Kier alpha value is -2.21. The number of fused-ring (bicyclic) bond motifs is 1. The molecule has 0 radical (unpaired) electrons. The highest BCUT2D eigenvalue weighted by Crippen LogP contribution is 2.37. The van der Waals surface area contributed by atoms with E-state index < -0.39 is 6.04 Å². The van der Waals surface area contributed by atoms with Gasteiger partial charge in [-0.2, -0.15) is 0 Å². The minimum atomic E-state index is -0.452. The second-order valence-electron chi connectivity index (χ2n) is 6.36. The Morgan fingerprint density at radius 3 is 2.69 bits per heavy atom. The van der Waals surface area contributed by atoms with Gasteiger partial charge in [0.05, 0.1) is 6.04 Å². The maximum absolute atomic E-state index is 13.4. The standard InChI is InChI=1S/C20H20BrFN2O2/c1-2-3-4-19(26)24-12-18(25)23-17-10-7-14(21)11-16(17)20(24)13-5-8-15(22)9-6-13/h5-11,20H,2-4,12H2,1H3,(H,23,25)/t20-/m1/s1. The van der Waals surface area contributed by atoms with Gasteiger partial charge in [0.15, 0.2) is 0 Å². The summed E-state index contributed by atoms with van der Waals surface area (Å²) in [6.45, 7) is 1.99. The van der Waals surface area contributed by atoms with Crippen LogP contribution in [0.2, 0.25) is 0 Å². The summed E-state index contributed by atoms with van der Waals surface area (Å²) in [4.78, 5) is 26.8. The molecule has 136 valence electrons. The van der Waals surface area contributed by atoms with Gasteiger partial charge in [0.25, 0.3) is 0 Å². The van der Waals surface area contributed by atoms with Crippen molar-refractivity contribution in [2.75, 3.05) is 11.9 Å². The normalized spacial score (nSPS) is 16.7. The number of rotatable bonds is 4. The molecular formula is C20H20BrFN2O2. The molecule has 0 aliphatic carbocycles. The molecule has 0 spiro atoms. The van der Waals surface area contributed by atoms with Crippen molar-refractivity contribution in [1.29, 1.82) is 0 Å². The summed E-state index contributed by atoms with van der Waals surface area (Å²) in [5, 5.41) is 2.87. The SMILES string of the molecule is CCCCC(=O)N1CC(=O)Nc2ccc(Br)cc2[C@H]1c1ccc(F)cc1. The summed E-state index contributed by atoms with van der Waals surface area (Å²) < 4.78 is 14.3. The van der Waals surface area contributed by atoms with Gasteiger partial charge in [-0.3, -0.25) is 9.59 Å². The molecule has 26 heavy (non-hydrogen) atoms. The van der Waals surface area contributed by atoms with Crippen molar-refractivity contribution in [3.8, 4) is 0 Å². The minimum Gasteiger partial charge on any atom is -0.324 e. The quantitative estimate of drug-likeness (QED) is 0.785. The smallest absolute Gasteiger partial charge is 0.244 e. The Kier molecular flexibility index (Phi) is 5.71. The Morgan fingerprint density at radius 2 is 2.00 bits per heavy atom. The number of carbonyl (C=O) groups is 2. The van der Waals surface area contributed by atoms with Crippen LogP contribution in [0.15, 0.2) is 46.9 Å². The van der Waals surface area contributed by atoms with Gasteiger partial charge in [0.2, 0.25) is 11.8 Å². The van der Waals surface area contributed by atoms with E-state index in [1.807, 2.05) is 25.1 Å². The van der Waals surface area contributed by atoms with Crippen LogP contribution in [0, 0.1) is 5.82 Å². The van der Waals surface area contributed by atoms with E-state index in [4.69, 9.17) is 0 Å². The first kappa shape index (κ1) is 18.6. The number of hydrogen-bond acceptors (Lipinski definition) is 2. The molecule has 1 N–H and O–H groups in total. The summed E-state index contributed by atoms with van der Waals surface area (Å²) in [6.07, 6.45) is 2.04. The fourth-order valence-corrected chi connectivity index (χ4v) is 3.56. The lowest BCUT2D eigenvalue weighted by atomic mass is 9.95. The first-order chi connectivity index (χ1) is 12.5. The third-order valence-corrected chi connectivity index (χ3v) is 4.95. The highest BCUT2D eigenvalue weighted by molar-refractivity contribution is 9.10. The zero-order chi connectivity index (χ0) is 18.7. The van der Waals surface area contributed by atoms with Gasteiger partial charge in [0.1, 0.15) is 12.4 Å². The number of carbonyl (C=O) groups excluding carboxylic acids is 2. The average molecular weight is 419 g/mol. The Morgan fingerprint density at radius 1 is 1.27 bits per heavy atom. The molecule has 3 rings (SSSR count). The van der Waals surface area contributed by atoms with Crippen LogP contribution in [0.5, 0.6) is 0 Å². The molecule has 6 heteroatoms. The third-order valence-electron chi connectivity index (χ3n) is 4.46. The first-order valence-corrected chi connectivity index (χ1v) is 9.43. The molecule has 0 fully saturated rings. The molecule has 1 heterocycles. The molecule has 1 atom stereocenters. The molecule has 0 bridgehead atoms. The number of nitrogens with zero attached hydrogens (tertiary/aromatic N) is 1. The summed E-state index contributed by atoms with van der Waals surface area (Å²) in [7, 11) is 0. The van der Waals surface area contributed by atoms with Crippen molar-refractivity contribution in [1.82, 2.24) is 4.90 Å². The molecule has 0 unspecified atom stereocenters. The second-order valence-corrected chi connectivity index (χ2v) is 7.27. The molecule has 4 nitrogen and oxygen atoms in total. The van der Waals surface area contributed by atoms with Crippen LogP contribution in [0.3, 0.4) is 0 Å². The van der Waals surface area contributed by atoms with Crippen molar-refractivity contribution in [3.63, 3.8) is 0 Å². The number of amides is 2. The van der Waals surface area contributed by atoms with E-state index in [0.717, 1.165) is 28.4 Å². The van der Waals surface area contributed by atoms with Crippen LogP contribution >= 0.6 is 15.9 Å². The second kappa shape index (κ2) is 7.99. The minimum absolute atomic E-state index is 0.0309.